The highest BCUT2D eigenvalue weighted by atomic mass is 35.5. The summed E-state index contributed by atoms with van der Waals surface area (Å²) < 4.78 is 5.84. The fraction of sp³-hybridized carbons (Fsp3) is 0.667. The lowest BCUT2D eigenvalue weighted by molar-refractivity contribution is 0.193. The minimum Gasteiger partial charge on any atom is -0.494 e. The van der Waals surface area contributed by atoms with Gasteiger partial charge < -0.3 is 15.0 Å². The Kier molecular flexibility index (Phi) is 11.7. The van der Waals surface area contributed by atoms with Gasteiger partial charge in [-0.2, -0.15) is 0 Å². The molecule has 1 aliphatic heterocycles. The number of hydrogen-bond donors (Lipinski definition) is 1. The first-order chi connectivity index (χ1) is 10.2. The summed E-state index contributed by atoms with van der Waals surface area (Å²) in [6, 6.07) is 7.08. The second-order valence-electron chi connectivity index (χ2n) is 6.21. The SMILES string of the molecule is CNC1CCN(CCCCOc2ccc(C)c(C)c2)CC1.Cl.Cl. The van der Waals surface area contributed by atoms with Crippen molar-refractivity contribution < 1.29 is 4.74 Å². The Hall–Kier alpha value is -0.480. The van der Waals surface area contributed by atoms with Crippen molar-refractivity contribution >= 4 is 24.8 Å². The van der Waals surface area contributed by atoms with Crippen molar-refractivity contribution in [1.29, 1.82) is 0 Å². The average molecular weight is 363 g/mol. The highest BCUT2D eigenvalue weighted by molar-refractivity contribution is 5.85. The Balaban J connectivity index is 0.00000242. The molecule has 0 spiro atoms. The van der Waals surface area contributed by atoms with Gasteiger partial charge in [-0.1, -0.05) is 6.07 Å². The van der Waals surface area contributed by atoms with Crippen LogP contribution in [-0.2, 0) is 0 Å². The summed E-state index contributed by atoms with van der Waals surface area (Å²) in [5.74, 6) is 1.01. The molecule has 134 valence electrons. The first-order valence-corrected chi connectivity index (χ1v) is 8.28. The van der Waals surface area contributed by atoms with E-state index in [1.165, 1.54) is 50.0 Å². The molecule has 1 N–H and O–H groups in total. The molecule has 23 heavy (non-hydrogen) atoms. The van der Waals surface area contributed by atoms with E-state index < -0.39 is 0 Å². The summed E-state index contributed by atoms with van der Waals surface area (Å²) in [5.41, 5.74) is 2.63. The van der Waals surface area contributed by atoms with Gasteiger partial charge in [0.1, 0.15) is 5.75 Å². The fourth-order valence-electron chi connectivity index (χ4n) is 2.88. The van der Waals surface area contributed by atoms with E-state index in [0.29, 0.717) is 0 Å². The normalized spacial score (nSPS) is 15.6. The van der Waals surface area contributed by atoms with E-state index in [2.05, 4.69) is 49.3 Å². The van der Waals surface area contributed by atoms with E-state index in [9.17, 15) is 0 Å². The highest BCUT2D eigenvalue weighted by Gasteiger charge is 2.16. The standard InChI is InChI=1S/C18H30N2O.2ClH/c1-15-6-7-18(14-16(15)2)21-13-5-4-10-20-11-8-17(19-3)9-12-20;;/h6-7,14,17,19H,4-5,8-13H2,1-3H3;2*1H. The summed E-state index contributed by atoms with van der Waals surface area (Å²) in [6.07, 6.45) is 4.94. The van der Waals surface area contributed by atoms with Gasteiger partial charge in [-0.3, -0.25) is 0 Å². The Morgan fingerprint density at radius 1 is 1.09 bits per heavy atom. The number of benzene rings is 1. The summed E-state index contributed by atoms with van der Waals surface area (Å²) >= 11 is 0. The van der Waals surface area contributed by atoms with Gasteiger partial charge in [-0.15, -0.1) is 24.8 Å². The fourth-order valence-corrected chi connectivity index (χ4v) is 2.88. The molecule has 1 heterocycles. The van der Waals surface area contributed by atoms with Crippen LogP contribution in [0.3, 0.4) is 0 Å². The number of aryl methyl sites for hydroxylation is 2. The number of halogens is 2. The second-order valence-corrected chi connectivity index (χ2v) is 6.21. The largest absolute Gasteiger partial charge is 0.494 e. The van der Waals surface area contributed by atoms with Gasteiger partial charge in [0.05, 0.1) is 6.61 Å². The molecule has 3 nitrogen and oxygen atoms in total. The third-order valence-corrected chi connectivity index (χ3v) is 4.61. The number of piperidine rings is 1. The number of hydrogen-bond acceptors (Lipinski definition) is 3. The van der Waals surface area contributed by atoms with Gasteiger partial charge in [0.25, 0.3) is 0 Å². The van der Waals surface area contributed by atoms with E-state index in [1.54, 1.807) is 0 Å². The zero-order valence-corrected chi connectivity index (χ0v) is 16.3. The topological polar surface area (TPSA) is 24.5 Å². The lowest BCUT2D eigenvalue weighted by atomic mass is 10.1. The maximum absolute atomic E-state index is 5.84. The van der Waals surface area contributed by atoms with Crippen LogP contribution in [0.4, 0.5) is 0 Å². The van der Waals surface area contributed by atoms with Gasteiger partial charge in [-0.05, 0) is 89.5 Å². The molecule has 1 aliphatic rings. The van der Waals surface area contributed by atoms with E-state index in [0.717, 1.165) is 24.8 Å². The number of ether oxygens (including phenoxy) is 1. The summed E-state index contributed by atoms with van der Waals surface area (Å²) in [7, 11) is 2.07. The van der Waals surface area contributed by atoms with Crippen molar-refractivity contribution in [2.75, 3.05) is 33.3 Å². The maximum atomic E-state index is 5.84. The molecule has 1 aromatic carbocycles. The molecule has 0 aromatic heterocycles. The summed E-state index contributed by atoms with van der Waals surface area (Å²) in [6.45, 7) is 8.79. The van der Waals surface area contributed by atoms with Crippen LogP contribution >= 0.6 is 24.8 Å². The molecule has 5 heteroatoms. The molecule has 1 aromatic rings. The number of unbranched alkanes of at least 4 members (excludes halogenated alkanes) is 1. The first-order valence-electron chi connectivity index (χ1n) is 8.28. The van der Waals surface area contributed by atoms with Gasteiger partial charge in [-0.25, -0.2) is 0 Å². The molecular weight excluding hydrogens is 331 g/mol. The van der Waals surface area contributed by atoms with Crippen LogP contribution in [0.2, 0.25) is 0 Å². The van der Waals surface area contributed by atoms with Crippen LogP contribution in [0, 0.1) is 13.8 Å². The van der Waals surface area contributed by atoms with Crippen molar-refractivity contribution in [2.24, 2.45) is 0 Å². The van der Waals surface area contributed by atoms with E-state index in [4.69, 9.17) is 4.74 Å². The molecule has 2 rings (SSSR count). The van der Waals surface area contributed by atoms with Crippen LogP contribution in [0.25, 0.3) is 0 Å². The molecule has 0 radical (unpaired) electrons. The Morgan fingerprint density at radius 3 is 2.39 bits per heavy atom. The Bertz CT molecular complexity index is 435. The molecule has 0 saturated carbocycles. The quantitative estimate of drug-likeness (QED) is 0.742. The number of likely N-dealkylation sites (tertiary alicyclic amines) is 1. The van der Waals surface area contributed by atoms with Crippen molar-refractivity contribution in [1.82, 2.24) is 10.2 Å². The zero-order valence-electron chi connectivity index (χ0n) is 14.6. The van der Waals surface area contributed by atoms with Gasteiger partial charge in [0, 0.05) is 6.04 Å². The van der Waals surface area contributed by atoms with Crippen molar-refractivity contribution in [3.8, 4) is 5.75 Å². The predicted octanol–water partition coefficient (Wildman–Crippen LogP) is 3.99. The van der Waals surface area contributed by atoms with Gasteiger partial charge >= 0.3 is 0 Å². The van der Waals surface area contributed by atoms with E-state index in [1.807, 2.05) is 0 Å². The third kappa shape index (κ3) is 7.75. The van der Waals surface area contributed by atoms with Crippen molar-refractivity contribution in [3.05, 3.63) is 29.3 Å². The predicted molar refractivity (Wildman–Crippen MR) is 104 cm³/mol. The maximum Gasteiger partial charge on any atom is 0.119 e. The van der Waals surface area contributed by atoms with E-state index in [-0.39, 0.29) is 24.8 Å². The molecule has 0 bridgehead atoms. The van der Waals surface area contributed by atoms with Crippen LogP contribution in [0.1, 0.15) is 36.8 Å². The molecule has 0 atom stereocenters. The van der Waals surface area contributed by atoms with Crippen LogP contribution in [0.5, 0.6) is 5.75 Å². The molecule has 1 fully saturated rings. The van der Waals surface area contributed by atoms with Crippen LogP contribution in [-0.4, -0.2) is 44.2 Å². The lowest BCUT2D eigenvalue weighted by Gasteiger charge is -2.31. The van der Waals surface area contributed by atoms with Crippen LogP contribution < -0.4 is 10.1 Å². The minimum absolute atomic E-state index is 0. The number of nitrogens with one attached hydrogen (secondary N) is 1. The Labute approximate surface area is 154 Å². The van der Waals surface area contributed by atoms with Crippen molar-refractivity contribution in [3.63, 3.8) is 0 Å². The molecule has 0 aliphatic carbocycles. The first kappa shape index (κ1) is 22.5. The van der Waals surface area contributed by atoms with E-state index >= 15 is 0 Å². The van der Waals surface area contributed by atoms with Crippen LogP contribution in [0.15, 0.2) is 18.2 Å². The smallest absolute Gasteiger partial charge is 0.119 e. The van der Waals surface area contributed by atoms with Crippen molar-refractivity contribution in [2.45, 2.75) is 45.6 Å². The second kappa shape index (κ2) is 12.0. The number of rotatable bonds is 7. The highest BCUT2D eigenvalue weighted by Crippen LogP contribution is 2.17. The Morgan fingerprint density at radius 2 is 1.78 bits per heavy atom. The monoisotopic (exact) mass is 362 g/mol. The average Bonchev–Trinajstić information content (AvgIpc) is 2.51. The lowest BCUT2D eigenvalue weighted by Crippen LogP contribution is -2.41. The third-order valence-electron chi connectivity index (χ3n) is 4.61. The molecule has 1 saturated heterocycles. The van der Waals surface area contributed by atoms with Gasteiger partial charge in [0.2, 0.25) is 0 Å². The minimum atomic E-state index is 0. The summed E-state index contributed by atoms with van der Waals surface area (Å²) in [4.78, 5) is 2.59. The molecule has 0 amide bonds. The molecule has 0 unspecified atom stereocenters. The zero-order chi connectivity index (χ0) is 15.1. The molecular formula is C18H32Cl2N2O. The summed E-state index contributed by atoms with van der Waals surface area (Å²) in [5, 5.41) is 3.38. The van der Waals surface area contributed by atoms with Gasteiger partial charge in [0.15, 0.2) is 0 Å². The number of nitrogens with zero attached hydrogens (tertiary/aromatic N) is 1.